The van der Waals surface area contributed by atoms with Crippen LogP contribution in [0, 0.1) is 0 Å². The molecule has 5 heteroatoms. The van der Waals surface area contributed by atoms with Crippen LogP contribution in [0.4, 0.5) is 5.69 Å². The van der Waals surface area contributed by atoms with Gasteiger partial charge in [0.25, 0.3) is 0 Å². The number of nitrogens with one attached hydrogen (secondary N) is 1. The molecule has 0 atom stereocenters. The molecule has 0 saturated carbocycles. The topological polar surface area (TPSA) is 51.2 Å². The largest absolute Gasteiger partial charge is 0.480 e. The number of aromatic nitrogens is 1. The average molecular weight is 276 g/mol. The number of ketones is 1. The number of ether oxygens (including phenoxy) is 1. The molecule has 0 saturated heterocycles. The zero-order valence-corrected chi connectivity index (χ0v) is 12.0. The van der Waals surface area contributed by atoms with Crippen molar-refractivity contribution in [2.45, 2.75) is 13.3 Å². The van der Waals surface area contributed by atoms with Crippen LogP contribution in [0.5, 0.6) is 5.88 Å². The van der Waals surface area contributed by atoms with E-state index in [0.29, 0.717) is 17.2 Å². The zero-order chi connectivity index (χ0) is 13.8. The first-order chi connectivity index (χ1) is 9.19. The van der Waals surface area contributed by atoms with Gasteiger partial charge < -0.3 is 10.1 Å². The van der Waals surface area contributed by atoms with Crippen molar-refractivity contribution in [2.24, 2.45) is 0 Å². The second-order valence-corrected chi connectivity index (χ2v) is 4.96. The first-order valence-corrected chi connectivity index (χ1v) is 6.87. The molecule has 1 heterocycles. The monoisotopic (exact) mass is 276 g/mol. The molecule has 0 bridgehead atoms. The molecule has 0 aliphatic carbocycles. The lowest BCUT2D eigenvalue weighted by Crippen LogP contribution is -1.96. The number of hydrogen-bond acceptors (Lipinski definition) is 5. The summed E-state index contributed by atoms with van der Waals surface area (Å²) in [7, 11) is 3.41. The molecule has 0 fully saturated rings. The highest BCUT2D eigenvalue weighted by Gasteiger charge is 2.18. The number of Topliss-reactive ketones (excluding diaryl/α,β-unsaturated/α-hetero) is 1. The van der Waals surface area contributed by atoms with Crippen LogP contribution in [0.1, 0.15) is 23.0 Å². The van der Waals surface area contributed by atoms with Gasteiger partial charge in [-0.3, -0.25) is 4.79 Å². The summed E-state index contributed by atoms with van der Waals surface area (Å²) >= 11 is 1.38. The molecular weight excluding hydrogens is 260 g/mol. The summed E-state index contributed by atoms with van der Waals surface area (Å²) in [6.45, 7) is 1.84. The van der Waals surface area contributed by atoms with Crippen molar-refractivity contribution in [1.82, 2.24) is 4.98 Å². The Bertz CT molecular complexity index is 576. The molecule has 19 heavy (non-hydrogen) atoms. The molecule has 1 aromatic carbocycles. The third-order valence-electron chi connectivity index (χ3n) is 2.78. The Balaban J connectivity index is 2.39. The Morgan fingerprint density at radius 1 is 1.37 bits per heavy atom. The van der Waals surface area contributed by atoms with Crippen molar-refractivity contribution in [3.05, 3.63) is 29.1 Å². The highest BCUT2D eigenvalue weighted by Crippen LogP contribution is 2.33. The second kappa shape index (κ2) is 5.84. The number of benzene rings is 1. The predicted octanol–water partition coefficient (Wildman–Crippen LogP) is 3.45. The first-order valence-electron chi connectivity index (χ1n) is 6.05. The maximum atomic E-state index is 11.8. The molecule has 0 aliphatic heterocycles. The van der Waals surface area contributed by atoms with Gasteiger partial charge in [-0.2, -0.15) is 0 Å². The summed E-state index contributed by atoms with van der Waals surface area (Å²) in [4.78, 5) is 16.8. The SMILES string of the molecule is CCC(=O)c1sc(-c2ccc(NC)cc2)nc1OC. The lowest BCUT2D eigenvalue weighted by molar-refractivity contribution is 0.0989. The van der Waals surface area contributed by atoms with E-state index >= 15 is 0 Å². The molecule has 1 N–H and O–H groups in total. The normalized spacial score (nSPS) is 10.3. The number of thiazole rings is 1. The van der Waals surface area contributed by atoms with Crippen LogP contribution in [-0.4, -0.2) is 24.9 Å². The predicted molar refractivity (Wildman–Crippen MR) is 78.3 cm³/mol. The van der Waals surface area contributed by atoms with Crippen molar-refractivity contribution >= 4 is 22.8 Å². The fraction of sp³-hybridized carbons (Fsp3) is 0.286. The Morgan fingerprint density at radius 3 is 2.58 bits per heavy atom. The molecule has 100 valence electrons. The van der Waals surface area contributed by atoms with Gasteiger partial charge >= 0.3 is 0 Å². The van der Waals surface area contributed by atoms with Crippen molar-refractivity contribution < 1.29 is 9.53 Å². The molecule has 2 rings (SSSR count). The van der Waals surface area contributed by atoms with Gasteiger partial charge in [0.2, 0.25) is 5.88 Å². The molecular formula is C14H16N2O2S. The Hall–Kier alpha value is -1.88. The maximum absolute atomic E-state index is 11.8. The van der Waals surface area contributed by atoms with Gasteiger partial charge in [0, 0.05) is 24.7 Å². The smallest absolute Gasteiger partial charge is 0.236 e. The van der Waals surface area contributed by atoms with E-state index in [4.69, 9.17) is 4.74 Å². The van der Waals surface area contributed by atoms with E-state index in [9.17, 15) is 4.79 Å². The minimum absolute atomic E-state index is 0.0624. The van der Waals surface area contributed by atoms with Crippen LogP contribution in [0.15, 0.2) is 24.3 Å². The van der Waals surface area contributed by atoms with Crippen molar-refractivity contribution in [2.75, 3.05) is 19.5 Å². The highest BCUT2D eigenvalue weighted by molar-refractivity contribution is 7.17. The number of nitrogens with zero attached hydrogens (tertiary/aromatic N) is 1. The Kier molecular flexibility index (Phi) is 4.16. The van der Waals surface area contributed by atoms with Crippen LogP contribution in [0.2, 0.25) is 0 Å². The van der Waals surface area contributed by atoms with Gasteiger partial charge in [-0.25, -0.2) is 4.98 Å². The average Bonchev–Trinajstić information content (AvgIpc) is 2.90. The summed E-state index contributed by atoms with van der Waals surface area (Å²) in [5, 5.41) is 3.87. The molecule has 0 aliphatic rings. The zero-order valence-electron chi connectivity index (χ0n) is 11.2. The molecule has 2 aromatic rings. The summed E-state index contributed by atoms with van der Waals surface area (Å²) in [6.07, 6.45) is 0.455. The summed E-state index contributed by atoms with van der Waals surface area (Å²) in [6, 6.07) is 7.91. The van der Waals surface area contributed by atoms with Crippen LogP contribution in [0.3, 0.4) is 0 Å². The van der Waals surface area contributed by atoms with E-state index in [0.717, 1.165) is 16.3 Å². The maximum Gasteiger partial charge on any atom is 0.236 e. The van der Waals surface area contributed by atoms with E-state index in [1.807, 2.05) is 38.2 Å². The van der Waals surface area contributed by atoms with Crippen molar-refractivity contribution in [3.8, 4) is 16.5 Å². The lowest BCUT2D eigenvalue weighted by Gasteiger charge is -2.00. The van der Waals surface area contributed by atoms with E-state index in [-0.39, 0.29) is 5.78 Å². The van der Waals surface area contributed by atoms with E-state index < -0.39 is 0 Å². The first kappa shape index (κ1) is 13.5. The van der Waals surface area contributed by atoms with Gasteiger partial charge in [0.05, 0.1) is 7.11 Å². The number of carbonyl (C=O) groups excluding carboxylic acids is 1. The third-order valence-corrected chi connectivity index (χ3v) is 3.91. The number of methoxy groups -OCH3 is 1. The molecule has 0 amide bonds. The van der Waals surface area contributed by atoms with Gasteiger partial charge in [-0.15, -0.1) is 11.3 Å². The number of carbonyl (C=O) groups is 1. The standard InChI is InChI=1S/C14H16N2O2S/c1-4-11(17)12-13(18-3)16-14(19-12)9-5-7-10(15-2)8-6-9/h5-8,15H,4H2,1-3H3. The fourth-order valence-corrected chi connectivity index (χ4v) is 2.73. The molecule has 0 radical (unpaired) electrons. The van der Waals surface area contributed by atoms with E-state index in [2.05, 4.69) is 10.3 Å². The van der Waals surface area contributed by atoms with Crippen LogP contribution in [0.25, 0.3) is 10.6 Å². The van der Waals surface area contributed by atoms with Gasteiger partial charge in [-0.05, 0) is 24.3 Å². The second-order valence-electron chi connectivity index (χ2n) is 3.96. The molecule has 4 nitrogen and oxygen atoms in total. The van der Waals surface area contributed by atoms with Crippen molar-refractivity contribution in [1.29, 1.82) is 0 Å². The van der Waals surface area contributed by atoms with Crippen LogP contribution in [-0.2, 0) is 0 Å². The quantitative estimate of drug-likeness (QED) is 0.850. The lowest BCUT2D eigenvalue weighted by atomic mass is 10.2. The third kappa shape index (κ3) is 2.76. The number of anilines is 1. The summed E-state index contributed by atoms with van der Waals surface area (Å²) < 4.78 is 5.18. The fourth-order valence-electron chi connectivity index (χ4n) is 1.68. The van der Waals surface area contributed by atoms with Gasteiger partial charge in [0.15, 0.2) is 5.78 Å². The van der Waals surface area contributed by atoms with Gasteiger partial charge in [0.1, 0.15) is 9.88 Å². The Labute approximate surface area is 116 Å². The summed E-state index contributed by atoms with van der Waals surface area (Å²) in [5.41, 5.74) is 2.02. The number of hydrogen-bond donors (Lipinski definition) is 1. The van der Waals surface area contributed by atoms with Crippen LogP contribution < -0.4 is 10.1 Å². The molecule has 0 spiro atoms. The minimum Gasteiger partial charge on any atom is -0.480 e. The minimum atomic E-state index is 0.0624. The summed E-state index contributed by atoms with van der Waals surface area (Å²) in [5.74, 6) is 0.483. The van der Waals surface area contributed by atoms with Crippen LogP contribution >= 0.6 is 11.3 Å². The van der Waals surface area contributed by atoms with E-state index in [1.165, 1.54) is 18.4 Å². The molecule has 0 unspecified atom stereocenters. The number of rotatable bonds is 5. The molecule has 1 aromatic heterocycles. The Morgan fingerprint density at radius 2 is 2.05 bits per heavy atom. The van der Waals surface area contributed by atoms with E-state index in [1.54, 1.807) is 0 Å². The highest BCUT2D eigenvalue weighted by atomic mass is 32.1. The van der Waals surface area contributed by atoms with Crippen molar-refractivity contribution in [3.63, 3.8) is 0 Å². The van der Waals surface area contributed by atoms with Gasteiger partial charge in [-0.1, -0.05) is 6.92 Å².